The predicted octanol–water partition coefficient (Wildman–Crippen LogP) is 4.50. The van der Waals surface area contributed by atoms with Crippen molar-refractivity contribution in [2.75, 3.05) is 0 Å². The summed E-state index contributed by atoms with van der Waals surface area (Å²) in [6.45, 7) is 0.0777. The van der Waals surface area contributed by atoms with Crippen molar-refractivity contribution in [2.45, 2.75) is 12.5 Å². The van der Waals surface area contributed by atoms with E-state index in [1.54, 1.807) is 5.38 Å². The van der Waals surface area contributed by atoms with Crippen LogP contribution in [0.25, 0.3) is 0 Å². The van der Waals surface area contributed by atoms with E-state index >= 15 is 0 Å². The number of hydrogen-bond acceptors (Lipinski definition) is 3. The molecule has 0 unspecified atom stereocenters. The molecule has 1 aromatic carbocycles. The number of thiazole rings is 1. The van der Waals surface area contributed by atoms with Crippen LogP contribution >= 0.6 is 38.9 Å². The van der Waals surface area contributed by atoms with E-state index in [0.717, 1.165) is 11.8 Å². The molecule has 0 aliphatic rings. The Labute approximate surface area is 120 Å². The van der Waals surface area contributed by atoms with Crippen molar-refractivity contribution in [3.63, 3.8) is 0 Å². The van der Waals surface area contributed by atoms with Crippen LogP contribution in [0.1, 0.15) is 10.7 Å². The molecule has 0 aliphatic heterocycles. The molecule has 1 aromatic heterocycles. The molecular formula is C11H7BrClF2NOS. The number of halogens is 4. The Kier molecular flexibility index (Phi) is 4.53. The van der Waals surface area contributed by atoms with Gasteiger partial charge in [0.1, 0.15) is 11.6 Å². The topological polar surface area (TPSA) is 22.1 Å². The van der Waals surface area contributed by atoms with E-state index in [-0.39, 0.29) is 12.4 Å². The molecule has 1 heterocycles. The lowest BCUT2D eigenvalue weighted by Gasteiger charge is -2.06. The van der Waals surface area contributed by atoms with E-state index in [4.69, 9.17) is 16.3 Å². The molecule has 2 rings (SSSR count). The van der Waals surface area contributed by atoms with Gasteiger partial charge in [0.25, 0.3) is 0 Å². The van der Waals surface area contributed by atoms with E-state index in [0.29, 0.717) is 15.4 Å². The van der Waals surface area contributed by atoms with E-state index in [1.165, 1.54) is 17.4 Å². The van der Waals surface area contributed by atoms with Crippen molar-refractivity contribution in [3.8, 4) is 5.75 Å². The van der Waals surface area contributed by atoms with Crippen molar-refractivity contribution >= 4 is 38.9 Å². The minimum absolute atomic E-state index is 0.0777. The molecule has 18 heavy (non-hydrogen) atoms. The highest BCUT2D eigenvalue weighted by atomic mass is 79.9. The van der Waals surface area contributed by atoms with Gasteiger partial charge >= 0.3 is 0 Å². The van der Waals surface area contributed by atoms with E-state index in [2.05, 4.69) is 20.9 Å². The minimum Gasteiger partial charge on any atom is -0.483 e. The Morgan fingerprint density at radius 2 is 2.17 bits per heavy atom. The van der Waals surface area contributed by atoms with Crippen molar-refractivity contribution in [2.24, 2.45) is 0 Å². The molecular weight excluding hydrogens is 348 g/mol. The number of ether oxygens (including phenoxy) is 1. The summed E-state index contributed by atoms with van der Waals surface area (Å²) in [5, 5.41) is 2.45. The molecule has 0 saturated carbocycles. The fraction of sp³-hybridized carbons (Fsp3) is 0.182. The Morgan fingerprint density at radius 1 is 1.39 bits per heavy atom. The first kappa shape index (κ1) is 13.7. The van der Waals surface area contributed by atoms with Gasteiger partial charge in [-0.05, 0) is 12.1 Å². The molecule has 0 radical (unpaired) electrons. The van der Waals surface area contributed by atoms with Crippen LogP contribution in [0.3, 0.4) is 0 Å². The predicted molar refractivity (Wildman–Crippen MR) is 70.1 cm³/mol. The Balaban J connectivity index is 2.10. The van der Waals surface area contributed by atoms with Gasteiger partial charge < -0.3 is 4.74 Å². The molecule has 7 heteroatoms. The molecule has 0 atom stereocenters. The number of nitrogens with zero attached hydrogens (tertiary/aromatic N) is 1. The van der Waals surface area contributed by atoms with Crippen LogP contribution in [-0.2, 0) is 12.5 Å². The van der Waals surface area contributed by atoms with Crippen LogP contribution in [0.4, 0.5) is 8.78 Å². The SMILES string of the molecule is Fc1cc(Br)cc(OCc2nc(CCl)cs2)c1F. The van der Waals surface area contributed by atoms with Crippen LogP contribution in [0.5, 0.6) is 5.75 Å². The first-order valence-electron chi connectivity index (χ1n) is 4.86. The van der Waals surface area contributed by atoms with Crippen molar-refractivity contribution < 1.29 is 13.5 Å². The van der Waals surface area contributed by atoms with Gasteiger partial charge in [0, 0.05) is 9.85 Å². The lowest BCUT2D eigenvalue weighted by Crippen LogP contribution is -1.99. The highest BCUT2D eigenvalue weighted by Gasteiger charge is 2.12. The number of rotatable bonds is 4. The standard InChI is InChI=1S/C11H7BrClF2NOS/c12-6-1-8(14)11(15)9(2-6)17-4-10-16-7(3-13)5-18-10/h1-2,5H,3-4H2. The van der Waals surface area contributed by atoms with Crippen LogP contribution in [0.2, 0.25) is 0 Å². The summed E-state index contributed by atoms with van der Waals surface area (Å²) in [7, 11) is 0. The lowest BCUT2D eigenvalue weighted by molar-refractivity contribution is 0.283. The highest BCUT2D eigenvalue weighted by Crippen LogP contribution is 2.26. The first-order chi connectivity index (χ1) is 8.60. The van der Waals surface area contributed by atoms with Crippen molar-refractivity contribution in [1.29, 1.82) is 0 Å². The summed E-state index contributed by atoms with van der Waals surface area (Å²) in [4.78, 5) is 4.15. The zero-order valence-corrected chi connectivity index (χ0v) is 12.1. The molecule has 0 saturated heterocycles. The first-order valence-corrected chi connectivity index (χ1v) is 7.07. The molecule has 2 nitrogen and oxygen atoms in total. The maximum atomic E-state index is 13.4. The van der Waals surface area contributed by atoms with Crippen LogP contribution < -0.4 is 4.74 Å². The summed E-state index contributed by atoms with van der Waals surface area (Å²) < 4.78 is 32.1. The summed E-state index contributed by atoms with van der Waals surface area (Å²) in [6.07, 6.45) is 0. The zero-order chi connectivity index (χ0) is 13.1. The second-order valence-electron chi connectivity index (χ2n) is 3.35. The van der Waals surface area contributed by atoms with Gasteiger partial charge in [0.05, 0.1) is 11.6 Å². The molecule has 0 fully saturated rings. The van der Waals surface area contributed by atoms with Crippen LogP contribution in [0.15, 0.2) is 22.0 Å². The number of benzene rings is 1. The van der Waals surface area contributed by atoms with Crippen molar-refractivity contribution in [3.05, 3.63) is 44.3 Å². The van der Waals surface area contributed by atoms with Gasteiger partial charge in [-0.2, -0.15) is 4.39 Å². The van der Waals surface area contributed by atoms with Crippen molar-refractivity contribution in [1.82, 2.24) is 4.98 Å². The van der Waals surface area contributed by atoms with E-state index in [1.807, 2.05) is 0 Å². The smallest absolute Gasteiger partial charge is 0.200 e. The Hall–Kier alpha value is -0.720. The van der Waals surface area contributed by atoms with Gasteiger partial charge in [-0.3, -0.25) is 0 Å². The lowest BCUT2D eigenvalue weighted by atomic mass is 10.3. The second-order valence-corrected chi connectivity index (χ2v) is 5.48. The maximum Gasteiger partial charge on any atom is 0.200 e. The van der Waals surface area contributed by atoms with Gasteiger partial charge in [0.15, 0.2) is 11.6 Å². The van der Waals surface area contributed by atoms with Gasteiger partial charge in [-0.15, -0.1) is 22.9 Å². The molecule has 0 N–H and O–H groups in total. The summed E-state index contributed by atoms with van der Waals surface area (Å²) in [6, 6.07) is 2.41. The third kappa shape index (κ3) is 3.18. The largest absolute Gasteiger partial charge is 0.483 e. The summed E-state index contributed by atoms with van der Waals surface area (Å²) in [5.74, 6) is -1.80. The third-order valence-corrected chi connectivity index (χ3v) is 3.65. The van der Waals surface area contributed by atoms with Gasteiger partial charge in [-0.25, -0.2) is 9.37 Å². The maximum absolute atomic E-state index is 13.4. The third-order valence-electron chi connectivity index (χ3n) is 2.05. The number of hydrogen-bond donors (Lipinski definition) is 0. The Morgan fingerprint density at radius 3 is 2.83 bits per heavy atom. The van der Waals surface area contributed by atoms with Gasteiger partial charge in [-0.1, -0.05) is 15.9 Å². The fourth-order valence-electron chi connectivity index (χ4n) is 1.25. The van der Waals surface area contributed by atoms with Gasteiger partial charge in [0.2, 0.25) is 5.82 Å². The summed E-state index contributed by atoms with van der Waals surface area (Å²) in [5.41, 5.74) is 0.737. The molecule has 96 valence electrons. The Bertz CT molecular complexity index is 564. The van der Waals surface area contributed by atoms with E-state index in [9.17, 15) is 8.78 Å². The summed E-state index contributed by atoms with van der Waals surface area (Å²) >= 11 is 10.0. The monoisotopic (exact) mass is 353 g/mol. The zero-order valence-electron chi connectivity index (χ0n) is 8.92. The average molecular weight is 355 g/mol. The number of aromatic nitrogens is 1. The van der Waals surface area contributed by atoms with Crippen LogP contribution in [-0.4, -0.2) is 4.98 Å². The normalized spacial score (nSPS) is 10.7. The minimum atomic E-state index is -1.01. The highest BCUT2D eigenvalue weighted by molar-refractivity contribution is 9.10. The fourth-order valence-corrected chi connectivity index (χ4v) is 2.60. The molecule has 0 spiro atoms. The van der Waals surface area contributed by atoms with Crippen LogP contribution in [0, 0.1) is 11.6 Å². The van der Waals surface area contributed by atoms with E-state index < -0.39 is 11.6 Å². The quantitative estimate of drug-likeness (QED) is 0.596. The number of alkyl halides is 1. The molecule has 0 bridgehead atoms. The molecule has 0 amide bonds. The second kappa shape index (κ2) is 5.95. The average Bonchev–Trinajstić information content (AvgIpc) is 2.80. The molecule has 0 aliphatic carbocycles. The molecule has 2 aromatic rings.